The van der Waals surface area contributed by atoms with Gasteiger partial charge in [0.2, 0.25) is 0 Å². The van der Waals surface area contributed by atoms with Gasteiger partial charge in [0.25, 0.3) is 0 Å². The number of hydrogen-bond acceptors (Lipinski definition) is 1. The van der Waals surface area contributed by atoms with Crippen molar-refractivity contribution in [3.8, 4) is 0 Å². The van der Waals surface area contributed by atoms with Gasteiger partial charge in [0.15, 0.2) is 0 Å². The van der Waals surface area contributed by atoms with Crippen LogP contribution < -0.4 is 5.32 Å². The van der Waals surface area contributed by atoms with Gasteiger partial charge >= 0.3 is 0 Å². The van der Waals surface area contributed by atoms with Crippen LogP contribution in [0, 0.1) is 18.7 Å². The second-order valence-electron chi connectivity index (χ2n) is 5.53. The Hall–Kier alpha value is -0.890. The first-order chi connectivity index (χ1) is 8.72. The maximum atomic E-state index is 14.0. The van der Waals surface area contributed by atoms with E-state index in [0.29, 0.717) is 11.8 Å². The standard InChI is InChI=1S/C16H24FN/c1-3-9-18-11-13-5-4-6-14(13)15-10-12(2)7-8-16(15)17/h7-8,10,13-14,18H,3-6,9,11H2,1-2H3. The molecule has 18 heavy (non-hydrogen) atoms. The van der Waals surface area contributed by atoms with E-state index in [0.717, 1.165) is 31.5 Å². The van der Waals surface area contributed by atoms with Gasteiger partial charge in [-0.05, 0) is 62.7 Å². The van der Waals surface area contributed by atoms with E-state index in [4.69, 9.17) is 0 Å². The number of halogens is 1. The highest BCUT2D eigenvalue weighted by Crippen LogP contribution is 2.40. The van der Waals surface area contributed by atoms with Crippen LogP contribution >= 0.6 is 0 Å². The van der Waals surface area contributed by atoms with Crippen LogP contribution in [0.1, 0.15) is 49.7 Å². The molecule has 1 aliphatic rings. The fourth-order valence-corrected chi connectivity index (χ4v) is 3.10. The Morgan fingerprint density at radius 3 is 2.94 bits per heavy atom. The van der Waals surface area contributed by atoms with Crippen molar-refractivity contribution in [2.24, 2.45) is 5.92 Å². The normalized spacial score (nSPS) is 23.5. The second kappa shape index (κ2) is 6.33. The smallest absolute Gasteiger partial charge is 0.126 e. The molecule has 0 saturated heterocycles. The summed E-state index contributed by atoms with van der Waals surface area (Å²) < 4.78 is 14.0. The first-order valence-corrected chi connectivity index (χ1v) is 7.19. The van der Waals surface area contributed by atoms with Crippen LogP contribution in [-0.2, 0) is 0 Å². The zero-order valence-electron chi connectivity index (χ0n) is 11.5. The Labute approximate surface area is 110 Å². The predicted molar refractivity (Wildman–Crippen MR) is 74.4 cm³/mol. The van der Waals surface area contributed by atoms with E-state index in [-0.39, 0.29) is 5.82 Å². The largest absolute Gasteiger partial charge is 0.316 e. The molecule has 1 N–H and O–H groups in total. The molecule has 1 aromatic rings. The molecule has 0 amide bonds. The summed E-state index contributed by atoms with van der Waals surface area (Å²) in [6.07, 6.45) is 4.76. The molecule has 100 valence electrons. The molecule has 0 aromatic heterocycles. The lowest BCUT2D eigenvalue weighted by Gasteiger charge is -2.21. The maximum absolute atomic E-state index is 14.0. The molecule has 1 saturated carbocycles. The van der Waals surface area contributed by atoms with Gasteiger partial charge in [-0.3, -0.25) is 0 Å². The minimum absolute atomic E-state index is 0.0204. The van der Waals surface area contributed by atoms with E-state index in [1.807, 2.05) is 19.1 Å². The molecule has 0 bridgehead atoms. The first-order valence-electron chi connectivity index (χ1n) is 7.19. The molecule has 1 nitrogen and oxygen atoms in total. The van der Waals surface area contributed by atoms with Crippen molar-refractivity contribution in [3.63, 3.8) is 0 Å². The summed E-state index contributed by atoms with van der Waals surface area (Å²) in [6.45, 7) is 6.33. The molecule has 0 heterocycles. The summed E-state index contributed by atoms with van der Waals surface area (Å²) in [4.78, 5) is 0. The Kier molecular flexibility index (Phi) is 4.76. The van der Waals surface area contributed by atoms with E-state index in [1.165, 1.54) is 18.4 Å². The van der Waals surface area contributed by atoms with Gasteiger partial charge in [0.1, 0.15) is 5.82 Å². The summed E-state index contributed by atoms with van der Waals surface area (Å²) in [5.41, 5.74) is 2.11. The maximum Gasteiger partial charge on any atom is 0.126 e. The van der Waals surface area contributed by atoms with Crippen LogP contribution in [0.2, 0.25) is 0 Å². The van der Waals surface area contributed by atoms with E-state index in [1.54, 1.807) is 6.07 Å². The van der Waals surface area contributed by atoms with E-state index >= 15 is 0 Å². The van der Waals surface area contributed by atoms with Crippen molar-refractivity contribution in [1.29, 1.82) is 0 Å². The molecule has 1 aliphatic carbocycles. The summed E-state index contributed by atoms with van der Waals surface area (Å²) >= 11 is 0. The quantitative estimate of drug-likeness (QED) is 0.777. The van der Waals surface area contributed by atoms with Gasteiger partial charge in [0, 0.05) is 0 Å². The third kappa shape index (κ3) is 3.11. The van der Waals surface area contributed by atoms with Crippen molar-refractivity contribution in [2.45, 2.75) is 45.4 Å². The highest BCUT2D eigenvalue weighted by Gasteiger charge is 2.29. The Bertz CT molecular complexity index is 389. The molecular weight excluding hydrogens is 225 g/mol. The number of benzene rings is 1. The van der Waals surface area contributed by atoms with Crippen LogP contribution in [0.15, 0.2) is 18.2 Å². The Balaban J connectivity index is 2.08. The summed E-state index contributed by atoms with van der Waals surface area (Å²) in [5.74, 6) is 0.995. The zero-order chi connectivity index (χ0) is 13.0. The molecule has 2 heteroatoms. The fraction of sp³-hybridized carbons (Fsp3) is 0.625. The zero-order valence-corrected chi connectivity index (χ0v) is 11.5. The van der Waals surface area contributed by atoms with Crippen LogP contribution in [-0.4, -0.2) is 13.1 Å². The summed E-state index contributed by atoms with van der Waals surface area (Å²) in [7, 11) is 0. The van der Waals surface area contributed by atoms with Gasteiger partial charge < -0.3 is 5.32 Å². The molecular formula is C16H24FN. The monoisotopic (exact) mass is 249 g/mol. The van der Waals surface area contributed by atoms with Gasteiger partial charge in [-0.1, -0.05) is 31.0 Å². The van der Waals surface area contributed by atoms with Gasteiger partial charge in [0.05, 0.1) is 0 Å². The van der Waals surface area contributed by atoms with E-state index in [2.05, 4.69) is 12.2 Å². The molecule has 1 aromatic carbocycles. The van der Waals surface area contributed by atoms with Crippen molar-refractivity contribution in [3.05, 3.63) is 35.1 Å². The minimum Gasteiger partial charge on any atom is -0.316 e. The Morgan fingerprint density at radius 2 is 2.17 bits per heavy atom. The predicted octanol–water partition coefficient (Wildman–Crippen LogP) is 4.02. The molecule has 2 rings (SSSR count). The van der Waals surface area contributed by atoms with Crippen LogP contribution in [0.25, 0.3) is 0 Å². The lowest BCUT2D eigenvalue weighted by molar-refractivity contribution is 0.432. The number of hydrogen-bond donors (Lipinski definition) is 1. The van der Waals surface area contributed by atoms with E-state index < -0.39 is 0 Å². The molecule has 1 fully saturated rings. The van der Waals surface area contributed by atoms with Crippen molar-refractivity contribution >= 4 is 0 Å². The molecule has 0 radical (unpaired) electrons. The molecule has 0 spiro atoms. The lowest BCUT2D eigenvalue weighted by Crippen LogP contribution is -2.25. The average molecular weight is 249 g/mol. The summed E-state index contributed by atoms with van der Waals surface area (Å²) in [6, 6.07) is 5.52. The summed E-state index contributed by atoms with van der Waals surface area (Å²) in [5, 5.41) is 3.49. The van der Waals surface area contributed by atoms with Crippen molar-refractivity contribution in [2.75, 3.05) is 13.1 Å². The topological polar surface area (TPSA) is 12.0 Å². The van der Waals surface area contributed by atoms with Crippen molar-refractivity contribution in [1.82, 2.24) is 5.32 Å². The molecule has 2 atom stereocenters. The third-order valence-electron chi connectivity index (χ3n) is 4.04. The van der Waals surface area contributed by atoms with Gasteiger partial charge in [-0.25, -0.2) is 4.39 Å². The van der Waals surface area contributed by atoms with Crippen LogP contribution in [0.3, 0.4) is 0 Å². The highest BCUT2D eigenvalue weighted by molar-refractivity contribution is 5.28. The molecule has 0 aliphatic heterocycles. The molecule has 2 unspecified atom stereocenters. The van der Waals surface area contributed by atoms with E-state index in [9.17, 15) is 4.39 Å². The minimum atomic E-state index is -0.0204. The number of aryl methyl sites for hydroxylation is 1. The number of rotatable bonds is 5. The first kappa shape index (κ1) is 13.5. The van der Waals surface area contributed by atoms with Crippen molar-refractivity contribution < 1.29 is 4.39 Å². The number of nitrogens with one attached hydrogen (secondary N) is 1. The third-order valence-corrected chi connectivity index (χ3v) is 4.04. The Morgan fingerprint density at radius 1 is 1.33 bits per heavy atom. The second-order valence-corrected chi connectivity index (χ2v) is 5.53. The van der Waals surface area contributed by atoms with Crippen LogP contribution in [0.4, 0.5) is 4.39 Å². The SMILES string of the molecule is CCCNCC1CCCC1c1cc(C)ccc1F. The average Bonchev–Trinajstić information content (AvgIpc) is 2.81. The van der Waals surface area contributed by atoms with Crippen LogP contribution in [0.5, 0.6) is 0 Å². The van der Waals surface area contributed by atoms with Gasteiger partial charge in [-0.15, -0.1) is 0 Å². The fourth-order valence-electron chi connectivity index (χ4n) is 3.10. The van der Waals surface area contributed by atoms with Gasteiger partial charge in [-0.2, -0.15) is 0 Å². The lowest BCUT2D eigenvalue weighted by atomic mass is 9.87. The highest BCUT2D eigenvalue weighted by atomic mass is 19.1.